The Hall–Kier alpha value is -3.73. The zero-order valence-electron chi connectivity index (χ0n) is 14.3. The molecule has 0 saturated carbocycles. The third kappa shape index (κ3) is 2.52. The Bertz CT molecular complexity index is 1270. The Morgan fingerprint density at radius 3 is 2.52 bits per heavy atom. The highest BCUT2D eigenvalue weighted by Crippen LogP contribution is 2.37. The third-order valence-electron chi connectivity index (χ3n) is 4.97. The molecular weight excluding hydrogens is 338 g/mol. The van der Waals surface area contributed by atoms with Crippen molar-refractivity contribution in [3.63, 3.8) is 0 Å². The van der Waals surface area contributed by atoms with Crippen LogP contribution in [0.4, 0.5) is 5.69 Å². The molecule has 3 aromatic carbocycles. The van der Waals surface area contributed by atoms with E-state index in [0.29, 0.717) is 16.5 Å². The van der Waals surface area contributed by atoms with Crippen molar-refractivity contribution in [1.82, 2.24) is 10.2 Å². The second-order valence-corrected chi connectivity index (χ2v) is 6.61. The predicted octanol–water partition coefficient (Wildman–Crippen LogP) is 3.75. The van der Waals surface area contributed by atoms with Gasteiger partial charge < -0.3 is 5.32 Å². The minimum Gasteiger partial charge on any atom is -0.321 e. The van der Waals surface area contributed by atoms with Crippen LogP contribution in [0.25, 0.3) is 21.9 Å². The minimum absolute atomic E-state index is 0.200. The van der Waals surface area contributed by atoms with Crippen molar-refractivity contribution in [3.8, 4) is 11.1 Å². The van der Waals surface area contributed by atoms with Gasteiger partial charge in [0.25, 0.3) is 11.5 Å². The van der Waals surface area contributed by atoms with Crippen molar-refractivity contribution in [2.45, 2.75) is 6.42 Å². The van der Waals surface area contributed by atoms with Gasteiger partial charge in [0.05, 0.1) is 5.39 Å². The molecular formula is C22H15N3O2. The number of carbonyl (C=O) groups is 1. The van der Waals surface area contributed by atoms with E-state index < -0.39 is 0 Å². The molecule has 1 aromatic heterocycles. The van der Waals surface area contributed by atoms with E-state index in [-0.39, 0.29) is 17.2 Å². The van der Waals surface area contributed by atoms with E-state index in [0.717, 1.165) is 12.0 Å². The molecule has 4 aromatic rings. The number of anilines is 1. The molecule has 0 fully saturated rings. The number of amides is 1. The van der Waals surface area contributed by atoms with Gasteiger partial charge in [-0.3, -0.25) is 9.59 Å². The fourth-order valence-electron chi connectivity index (χ4n) is 3.68. The topological polar surface area (TPSA) is 74.8 Å². The van der Waals surface area contributed by atoms with Gasteiger partial charge in [-0.2, -0.15) is 5.10 Å². The molecule has 0 unspecified atom stereocenters. The molecule has 0 atom stereocenters. The molecule has 130 valence electrons. The number of rotatable bonds is 2. The molecule has 0 aliphatic heterocycles. The largest absolute Gasteiger partial charge is 0.321 e. The first-order valence-corrected chi connectivity index (χ1v) is 8.71. The Morgan fingerprint density at radius 1 is 0.889 bits per heavy atom. The SMILES string of the molecule is O=C(Nc1ccc2c(c1)-c1ccccc1C2)c1n[nH]c(=O)c2ccccc12. The van der Waals surface area contributed by atoms with Crippen LogP contribution in [0, 0.1) is 0 Å². The van der Waals surface area contributed by atoms with Crippen LogP contribution in [-0.4, -0.2) is 16.1 Å². The second kappa shape index (κ2) is 5.92. The van der Waals surface area contributed by atoms with Gasteiger partial charge >= 0.3 is 0 Å². The van der Waals surface area contributed by atoms with Gasteiger partial charge in [-0.25, -0.2) is 5.10 Å². The van der Waals surface area contributed by atoms with Gasteiger partial charge in [0, 0.05) is 11.1 Å². The molecule has 1 aliphatic carbocycles. The molecule has 5 rings (SSSR count). The van der Waals surface area contributed by atoms with Crippen LogP contribution in [0.1, 0.15) is 21.6 Å². The molecule has 1 heterocycles. The zero-order chi connectivity index (χ0) is 18.4. The summed E-state index contributed by atoms with van der Waals surface area (Å²) in [5.41, 5.74) is 5.49. The Kier molecular flexibility index (Phi) is 3.40. The number of hydrogen-bond acceptors (Lipinski definition) is 3. The van der Waals surface area contributed by atoms with E-state index in [9.17, 15) is 9.59 Å². The molecule has 5 nitrogen and oxygen atoms in total. The molecule has 1 aliphatic rings. The molecule has 5 heteroatoms. The number of aromatic amines is 1. The van der Waals surface area contributed by atoms with Crippen molar-refractivity contribution in [2.75, 3.05) is 5.32 Å². The van der Waals surface area contributed by atoms with Crippen LogP contribution in [0.2, 0.25) is 0 Å². The van der Waals surface area contributed by atoms with Crippen molar-refractivity contribution in [2.24, 2.45) is 0 Å². The Morgan fingerprint density at radius 2 is 1.63 bits per heavy atom. The molecule has 0 bridgehead atoms. The Balaban J connectivity index is 1.52. The predicted molar refractivity (Wildman–Crippen MR) is 105 cm³/mol. The summed E-state index contributed by atoms with van der Waals surface area (Å²) in [6.07, 6.45) is 0.909. The molecule has 2 N–H and O–H groups in total. The van der Waals surface area contributed by atoms with Crippen molar-refractivity contribution < 1.29 is 4.79 Å². The summed E-state index contributed by atoms with van der Waals surface area (Å²) in [5, 5.41) is 10.2. The molecule has 27 heavy (non-hydrogen) atoms. The number of benzene rings is 3. The quantitative estimate of drug-likeness (QED) is 0.508. The average Bonchev–Trinajstić information content (AvgIpc) is 3.06. The van der Waals surface area contributed by atoms with Crippen molar-refractivity contribution in [3.05, 3.63) is 93.9 Å². The number of hydrogen-bond donors (Lipinski definition) is 2. The van der Waals surface area contributed by atoms with Gasteiger partial charge in [0.15, 0.2) is 5.69 Å². The number of H-pyrrole nitrogens is 1. The second-order valence-electron chi connectivity index (χ2n) is 6.61. The van der Waals surface area contributed by atoms with Crippen molar-refractivity contribution >= 4 is 22.4 Å². The normalized spacial score (nSPS) is 11.9. The van der Waals surface area contributed by atoms with Crippen LogP contribution < -0.4 is 10.9 Å². The minimum atomic E-state index is -0.353. The highest BCUT2D eigenvalue weighted by Gasteiger charge is 2.19. The third-order valence-corrected chi connectivity index (χ3v) is 4.97. The van der Waals surface area contributed by atoms with E-state index in [1.807, 2.05) is 30.3 Å². The zero-order valence-corrected chi connectivity index (χ0v) is 14.3. The fraction of sp³-hybridized carbons (Fsp3) is 0.0455. The lowest BCUT2D eigenvalue weighted by atomic mass is 10.1. The van der Waals surface area contributed by atoms with Crippen LogP contribution in [0.5, 0.6) is 0 Å². The smallest absolute Gasteiger partial charge is 0.276 e. The first-order chi connectivity index (χ1) is 13.2. The summed E-state index contributed by atoms with van der Waals surface area (Å²) in [5.74, 6) is -0.353. The maximum Gasteiger partial charge on any atom is 0.276 e. The summed E-state index contributed by atoms with van der Waals surface area (Å²) >= 11 is 0. The van der Waals surface area contributed by atoms with Crippen molar-refractivity contribution in [1.29, 1.82) is 0 Å². The van der Waals surface area contributed by atoms with E-state index in [4.69, 9.17) is 0 Å². The van der Waals surface area contributed by atoms with Crippen LogP contribution >= 0.6 is 0 Å². The molecule has 0 saturated heterocycles. The molecule has 1 amide bonds. The summed E-state index contributed by atoms with van der Waals surface area (Å²) in [4.78, 5) is 24.7. The lowest BCUT2D eigenvalue weighted by Gasteiger charge is -2.09. The summed E-state index contributed by atoms with van der Waals surface area (Å²) in [6.45, 7) is 0. The summed E-state index contributed by atoms with van der Waals surface area (Å²) in [7, 11) is 0. The number of aromatic nitrogens is 2. The number of fused-ring (bicyclic) bond motifs is 4. The van der Waals surface area contributed by atoms with E-state index >= 15 is 0 Å². The van der Waals surface area contributed by atoms with E-state index in [2.05, 4.69) is 27.6 Å². The maximum atomic E-state index is 12.8. The van der Waals surface area contributed by atoms with Gasteiger partial charge in [0.2, 0.25) is 0 Å². The van der Waals surface area contributed by atoms with Gasteiger partial charge in [-0.1, -0.05) is 48.5 Å². The highest BCUT2D eigenvalue weighted by molar-refractivity contribution is 6.11. The average molecular weight is 353 g/mol. The first-order valence-electron chi connectivity index (χ1n) is 8.71. The summed E-state index contributed by atoms with van der Waals surface area (Å²) in [6, 6.07) is 21.2. The van der Waals surface area contributed by atoms with E-state index in [1.54, 1.807) is 24.3 Å². The standard InChI is InChI=1S/C22H15N3O2/c26-21-18-8-4-3-7-17(18)20(24-25-21)22(27)23-15-10-9-14-11-13-5-1-2-6-16(13)19(14)12-15/h1-10,12H,11H2,(H,23,27)(H,25,26). The van der Waals surface area contributed by atoms with Gasteiger partial charge in [0.1, 0.15) is 0 Å². The molecule has 0 radical (unpaired) electrons. The lowest BCUT2D eigenvalue weighted by Crippen LogP contribution is -2.19. The van der Waals surface area contributed by atoms with Crippen LogP contribution in [0.15, 0.2) is 71.5 Å². The fourth-order valence-corrected chi connectivity index (χ4v) is 3.68. The number of nitrogens with one attached hydrogen (secondary N) is 2. The Labute approximate surface area is 154 Å². The van der Waals surface area contributed by atoms with Gasteiger partial charge in [-0.05, 0) is 46.9 Å². The van der Waals surface area contributed by atoms with Crippen LogP contribution in [-0.2, 0) is 6.42 Å². The van der Waals surface area contributed by atoms with Gasteiger partial charge in [-0.15, -0.1) is 0 Å². The summed E-state index contributed by atoms with van der Waals surface area (Å²) < 4.78 is 0. The molecule has 0 spiro atoms. The highest BCUT2D eigenvalue weighted by atomic mass is 16.2. The first kappa shape index (κ1) is 15.5. The maximum absolute atomic E-state index is 12.8. The monoisotopic (exact) mass is 353 g/mol. The van der Waals surface area contributed by atoms with Crippen LogP contribution in [0.3, 0.4) is 0 Å². The number of nitrogens with zero attached hydrogens (tertiary/aromatic N) is 1. The number of carbonyl (C=O) groups excluding carboxylic acids is 1. The lowest BCUT2D eigenvalue weighted by molar-refractivity contribution is 0.102. The van der Waals surface area contributed by atoms with E-state index in [1.165, 1.54) is 16.7 Å².